The zero-order valence-corrected chi connectivity index (χ0v) is 15.5. The maximum atomic E-state index is 12.9. The van der Waals surface area contributed by atoms with Crippen molar-refractivity contribution in [3.05, 3.63) is 63.6 Å². The lowest BCUT2D eigenvalue weighted by Gasteiger charge is -2.34. The number of piperazine rings is 1. The van der Waals surface area contributed by atoms with Crippen molar-refractivity contribution < 1.29 is 13.2 Å². The van der Waals surface area contributed by atoms with E-state index in [1.54, 1.807) is 24.0 Å². The summed E-state index contributed by atoms with van der Waals surface area (Å²) in [5.41, 5.74) is 1.71. The summed E-state index contributed by atoms with van der Waals surface area (Å²) in [6.07, 6.45) is 1.38. The molecule has 1 aromatic carbocycles. The van der Waals surface area contributed by atoms with E-state index in [0.717, 1.165) is 5.56 Å². The third kappa shape index (κ3) is 3.56. The highest BCUT2D eigenvalue weighted by Gasteiger charge is 2.31. The van der Waals surface area contributed by atoms with E-state index in [0.29, 0.717) is 29.1 Å². The topological polar surface area (TPSA) is 90.6 Å². The van der Waals surface area contributed by atoms with E-state index in [9.17, 15) is 18.0 Å². The minimum atomic E-state index is -3.59. The molecule has 8 heteroatoms. The molecular formula is C18H21N3O4S. The average Bonchev–Trinajstić information content (AvgIpc) is 2.64. The Hall–Kier alpha value is -2.45. The fraction of sp³-hybridized carbons (Fsp3) is 0.333. The number of aromatic amines is 1. The second-order valence-corrected chi connectivity index (χ2v) is 8.31. The number of benzene rings is 1. The van der Waals surface area contributed by atoms with Gasteiger partial charge >= 0.3 is 0 Å². The minimum absolute atomic E-state index is 0.218. The first-order valence-electron chi connectivity index (χ1n) is 8.34. The molecule has 1 aromatic heterocycles. The molecule has 2 heterocycles. The van der Waals surface area contributed by atoms with Gasteiger partial charge in [-0.1, -0.05) is 12.1 Å². The lowest BCUT2D eigenvalue weighted by atomic mass is 10.2. The maximum Gasteiger partial charge on any atom is 0.255 e. The number of carbonyl (C=O) groups is 1. The van der Waals surface area contributed by atoms with Crippen LogP contribution < -0.4 is 5.56 Å². The van der Waals surface area contributed by atoms with Crippen molar-refractivity contribution in [3.63, 3.8) is 0 Å². The second kappa shape index (κ2) is 7.05. The van der Waals surface area contributed by atoms with Crippen LogP contribution in [0.2, 0.25) is 0 Å². The zero-order valence-electron chi connectivity index (χ0n) is 14.7. The molecule has 1 aliphatic heterocycles. The van der Waals surface area contributed by atoms with E-state index in [2.05, 4.69) is 4.98 Å². The van der Waals surface area contributed by atoms with E-state index in [1.807, 2.05) is 13.0 Å². The third-order valence-corrected chi connectivity index (χ3v) is 6.56. The highest BCUT2D eigenvalue weighted by atomic mass is 32.2. The number of aromatic nitrogens is 1. The fourth-order valence-corrected chi connectivity index (χ4v) is 4.71. The number of nitrogens with one attached hydrogen (secondary N) is 1. The predicted molar refractivity (Wildman–Crippen MR) is 97.6 cm³/mol. The minimum Gasteiger partial charge on any atom is -0.336 e. The van der Waals surface area contributed by atoms with Crippen LogP contribution in [0, 0.1) is 13.8 Å². The van der Waals surface area contributed by atoms with E-state index < -0.39 is 10.0 Å². The summed E-state index contributed by atoms with van der Waals surface area (Å²) in [6, 6.07) is 8.14. The number of aryl methyl sites for hydroxylation is 2. The van der Waals surface area contributed by atoms with Crippen LogP contribution in [0.5, 0.6) is 0 Å². The molecule has 26 heavy (non-hydrogen) atoms. The van der Waals surface area contributed by atoms with Crippen molar-refractivity contribution in [1.29, 1.82) is 0 Å². The summed E-state index contributed by atoms with van der Waals surface area (Å²) in [4.78, 5) is 28.0. The van der Waals surface area contributed by atoms with Gasteiger partial charge < -0.3 is 9.88 Å². The molecule has 0 atom stereocenters. The molecule has 0 saturated carbocycles. The predicted octanol–water partition coefficient (Wildman–Crippen LogP) is 1.14. The molecule has 0 bridgehead atoms. The summed E-state index contributed by atoms with van der Waals surface area (Å²) in [5, 5.41) is 0. The Labute approximate surface area is 152 Å². The Morgan fingerprint density at radius 1 is 1.04 bits per heavy atom. The average molecular weight is 375 g/mol. The van der Waals surface area contributed by atoms with Crippen molar-refractivity contribution in [3.8, 4) is 0 Å². The molecule has 0 aliphatic carbocycles. The van der Waals surface area contributed by atoms with Gasteiger partial charge in [-0.15, -0.1) is 0 Å². The van der Waals surface area contributed by atoms with Gasteiger partial charge in [-0.05, 0) is 37.1 Å². The molecular weight excluding hydrogens is 354 g/mol. The van der Waals surface area contributed by atoms with E-state index in [1.165, 1.54) is 22.6 Å². The SMILES string of the molecule is Cc1ccc(C)c(S(=O)(=O)N2CCN(C(=O)c3ccc(=O)[nH]c3)CC2)c1. The summed E-state index contributed by atoms with van der Waals surface area (Å²) in [6.45, 7) is 4.74. The molecule has 138 valence electrons. The van der Waals surface area contributed by atoms with Crippen LogP contribution in [-0.4, -0.2) is 54.7 Å². The molecule has 7 nitrogen and oxygen atoms in total. The molecule has 0 spiro atoms. The number of hydrogen-bond acceptors (Lipinski definition) is 4. The number of amides is 1. The third-order valence-electron chi connectivity index (χ3n) is 4.52. The Morgan fingerprint density at radius 2 is 1.73 bits per heavy atom. The number of nitrogens with zero attached hydrogens (tertiary/aromatic N) is 2. The van der Waals surface area contributed by atoms with Gasteiger partial charge in [0.05, 0.1) is 10.5 Å². The van der Waals surface area contributed by atoms with Gasteiger partial charge in [-0.2, -0.15) is 4.31 Å². The van der Waals surface area contributed by atoms with Crippen molar-refractivity contribution in [2.45, 2.75) is 18.7 Å². The molecule has 0 unspecified atom stereocenters. The number of rotatable bonds is 3. The molecule has 0 radical (unpaired) electrons. The van der Waals surface area contributed by atoms with Crippen molar-refractivity contribution >= 4 is 15.9 Å². The van der Waals surface area contributed by atoms with Crippen LogP contribution in [0.4, 0.5) is 0 Å². The van der Waals surface area contributed by atoms with Crippen LogP contribution in [0.25, 0.3) is 0 Å². The van der Waals surface area contributed by atoms with Gasteiger partial charge in [-0.25, -0.2) is 8.42 Å². The largest absolute Gasteiger partial charge is 0.336 e. The number of H-pyrrole nitrogens is 1. The van der Waals surface area contributed by atoms with E-state index in [-0.39, 0.29) is 24.6 Å². The first-order valence-corrected chi connectivity index (χ1v) is 9.78. The lowest BCUT2D eigenvalue weighted by molar-refractivity contribution is 0.0697. The molecule has 3 rings (SSSR count). The first-order chi connectivity index (χ1) is 12.3. The smallest absolute Gasteiger partial charge is 0.255 e. The number of carbonyl (C=O) groups excluding carboxylic acids is 1. The van der Waals surface area contributed by atoms with Crippen LogP contribution in [0.1, 0.15) is 21.5 Å². The van der Waals surface area contributed by atoms with Crippen LogP contribution in [-0.2, 0) is 10.0 Å². The summed E-state index contributed by atoms with van der Waals surface area (Å²) < 4.78 is 27.3. The van der Waals surface area contributed by atoms with Crippen LogP contribution in [0.3, 0.4) is 0 Å². The van der Waals surface area contributed by atoms with Gasteiger partial charge in [0.1, 0.15) is 0 Å². The Balaban J connectivity index is 1.73. The Morgan fingerprint density at radius 3 is 2.35 bits per heavy atom. The zero-order chi connectivity index (χ0) is 18.9. The van der Waals surface area contributed by atoms with Gasteiger partial charge in [0.15, 0.2) is 0 Å². The van der Waals surface area contributed by atoms with Crippen LogP contribution in [0.15, 0.2) is 46.2 Å². The van der Waals surface area contributed by atoms with Gasteiger partial charge in [0.25, 0.3) is 5.91 Å². The second-order valence-electron chi connectivity index (χ2n) is 6.41. The lowest BCUT2D eigenvalue weighted by Crippen LogP contribution is -2.50. The Kier molecular flexibility index (Phi) is 4.97. The molecule has 1 amide bonds. The highest BCUT2D eigenvalue weighted by molar-refractivity contribution is 7.89. The molecule has 2 aromatic rings. The molecule has 1 fully saturated rings. The van der Waals surface area contributed by atoms with Gasteiger partial charge in [0.2, 0.25) is 15.6 Å². The van der Waals surface area contributed by atoms with Crippen LogP contribution >= 0.6 is 0 Å². The Bertz CT molecular complexity index is 969. The number of hydrogen-bond donors (Lipinski definition) is 1. The summed E-state index contributed by atoms with van der Waals surface area (Å²) >= 11 is 0. The van der Waals surface area contributed by atoms with E-state index in [4.69, 9.17) is 0 Å². The molecule has 1 aliphatic rings. The number of sulfonamides is 1. The van der Waals surface area contributed by atoms with Crippen molar-refractivity contribution in [1.82, 2.24) is 14.2 Å². The quantitative estimate of drug-likeness (QED) is 0.871. The first kappa shape index (κ1) is 18.3. The normalized spacial score (nSPS) is 15.8. The monoisotopic (exact) mass is 375 g/mol. The maximum absolute atomic E-state index is 12.9. The van der Waals surface area contributed by atoms with Crippen molar-refractivity contribution in [2.75, 3.05) is 26.2 Å². The summed E-state index contributed by atoms with van der Waals surface area (Å²) in [5.74, 6) is -0.218. The molecule has 1 saturated heterocycles. The van der Waals surface area contributed by atoms with Gasteiger partial charge in [0, 0.05) is 38.4 Å². The molecule has 1 N–H and O–H groups in total. The number of pyridine rings is 1. The fourth-order valence-electron chi connectivity index (χ4n) is 2.98. The standard InChI is InChI=1S/C18H21N3O4S/c1-13-3-4-14(2)16(11-13)26(24,25)21-9-7-20(8-10-21)18(23)15-5-6-17(22)19-12-15/h3-6,11-12H,7-10H2,1-2H3,(H,19,22). The summed E-state index contributed by atoms with van der Waals surface area (Å²) in [7, 11) is -3.59. The van der Waals surface area contributed by atoms with E-state index >= 15 is 0 Å². The van der Waals surface area contributed by atoms with Gasteiger partial charge in [-0.3, -0.25) is 9.59 Å². The van der Waals surface area contributed by atoms with Crippen molar-refractivity contribution in [2.24, 2.45) is 0 Å². The highest BCUT2D eigenvalue weighted by Crippen LogP contribution is 2.22.